The molecule has 0 aliphatic rings. The second-order valence-corrected chi connectivity index (χ2v) is 6.85. The van der Waals surface area contributed by atoms with Crippen molar-refractivity contribution in [2.24, 2.45) is 0 Å². The summed E-state index contributed by atoms with van der Waals surface area (Å²) in [5.74, 6) is -0.111. The van der Waals surface area contributed by atoms with E-state index in [0.29, 0.717) is 11.4 Å². The van der Waals surface area contributed by atoms with Gasteiger partial charge in [0.1, 0.15) is 11.6 Å². The van der Waals surface area contributed by atoms with E-state index in [9.17, 15) is 12.8 Å². The molecule has 0 aliphatic carbocycles. The Balaban J connectivity index is 2.39. The molecule has 5 nitrogen and oxygen atoms in total. The number of aryl methyl sites for hydroxylation is 1. The lowest BCUT2D eigenvalue weighted by molar-refractivity contribution is 0.601. The Hall–Kier alpha value is -1.67. The average Bonchev–Trinajstić information content (AvgIpc) is 2.44. The van der Waals surface area contributed by atoms with E-state index in [1.54, 1.807) is 14.0 Å². The lowest BCUT2D eigenvalue weighted by Crippen LogP contribution is -2.14. The van der Waals surface area contributed by atoms with Crippen LogP contribution in [0.2, 0.25) is 0 Å². The first-order chi connectivity index (χ1) is 9.83. The quantitative estimate of drug-likeness (QED) is 0.863. The zero-order valence-electron chi connectivity index (χ0n) is 11.3. The number of aromatic nitrogens is 1. The van der Waals surface area contributed by atoms with Gasteiger partial charge in [0, 0.05) is 19.3 Å². The van der Waals surface area contributed by atoms with E-state index in [1.165, 1.54) is 24.4 Å². The summed E-state index contributed by atoms with van der Waals surface area (Å²) >= 11 is 3.05. The number of hydrogen-bond acceptors (Lipinski definition) is 4. The molecule has 0 aliphatic heterocycles. The van der Waals surface area contributed by atoms with E-state index < -0.39 is 15.8 Å². The molecule has 1 aromatic carbocycles. The van der Waals surface area contributed by atoms with E-state index in [4.69, 9.17) is 0 Å². The van der Waals surface area contributed by atoms with Crippen LogP contribution in [0.4, 0.5) is 15.9 Å². The first kappa shape index (κ1) is 15.7. The van der Waals surface area contributed by atoms with E-state index >= 15 is 0 Å². The Morgan fingerprint density at radius 3 is 2.67 bits per heavy atom. The first-order valence-electron chi connectivity index (χ1n) is 5.96. The molecule has 0 amide bonds. The number of sulfonamides is 1. The van der Waals surface area contributed by atoms with Crippen molar-refractivity contribution >= 4 is 37.5 Å². The van der Waals surface area contributed by atoms with Crippen LogP contribution in [0.15, 0.2) is 39.8 Å². The fraction of sp³-hybridized carbons (Fsp3) is 0.154. The summed E-state index contributed by atoms with van der Waals surface area (Å²) in [5.41, 5.74) is 0.799. The minimum Gasteiger partial charge on any atom is -0.373 e. The van der Waals surface area contributed by atoms with Gasteiger partial charge in [-0.2, -0.15) is 0 Å². The van der Waals surface area contributed by atoms with Gasteiger partial charge in [-0.25, -0.2) is 17.8 Å². The highest BCUT2D eigenvalue weighted by Crippen LogP contribution is 2.26. The second-order valence-electron chi connectivity index (χ2n) is 4.31. The van der Waals surface area contributed by atoms with Crippen molar-refractivity contribution in [3.8, 4) is 0 Å². The lowest BCUT2D eigenvalue weighted by atomic mass is 10.2. The van der Waals surface area contributed by atoms with Crippen LogP contribution in [0.1, 0.15) is 5.56 Å². The van der Waals surface area contributed by atoms with Crippen LogP contribution in [0.25, 0.3) is 0 Å². The molecule has 0 saturated carbocycles. The molecule has 2 rings (SSSR count). The van der Waals surface area contributed by atoms with Gasteiger partial charge in [0.25, 0.3) is 10.0 Å². The number of benzene rings is 1. The number of nitrogens with one attached hydrogen (secondary N) is 2. The van der Waals surface area contributed by atoms with E-state index in [0.717, 1.165) is 6.07 Å². The molecule has 0 spiro atoms. The van der Waals surface area contributed by atoms with Gasteiger partial charge >= 0.3 is 0 Å². The molecule has 0 unspecified atom stereocenters. The van der Waals surface area contributed by atoms with Gasteiger partial charge in [-0.15, -0.1) is 0 Å². The van der Waals surface area contributed by atoms with Gasteiger partial charge in [0.15, 0.2) is 0 Å². The third-order valence-electron chi connectivity index (χ3n) is 2.81. The molecule has 0 bridgehead atoms. The maximum atomic E-state index is 13.6. The fourth-order valence-electron chi connectivity index (χ4n) is 1.67. The van der Waals surface area contributed by atoms with Gasteiger partial charge in [0.05, 0.1) is 15.1 Å². The summed E-state index contributed by atoms with van der Waals surface area (Å²) in [5, 5.41) is 2.76. The molecular formula is C13H13BrFN3O2S. The predicted octanol–water partition coefficient (Wildman–Crippen LogP) is 3.13. The molecule has 8 heteroatoms. The molecule has 21 heavy (non-hydrogen) atoms. The van der Waals surface area contributed by atoms with E-state index in [2.05, 4.69) is 31.0 Å². The normalized spacial score (nSPS) is 11.2. The van der Waals surface area contributed by atoms with Crippen LogP contribution in [0.5, 0.6) is 0 Å². The Labute approximate surface area is 130 Å². The highest BCUT2D eigenvalue weighted by atomic mass is 79.9. The molecule has 112 valence electrons. The summed E-state index contributed by atoms with van der Waals surface area (Å²) in [6, 6.07) is 5.41. The topological polar surface area (TPSA) is 71.1 Å². The van der Waals surface area contributed by atoms with Crippen molar-refractivity contribution in [2.75, 3.05) is 17.1 Å². The average molecular weight is 374 g/mol. The van der Waals surface area contributed by atoms with Crippen molar-refractivity contribution < 1.29 is 12.8 Å². The Kier molecular flexibility index (Phi) is 4.48. The first-order valence-corrected chi connectivity index (χ1v) is 8.23. The lowest BCUT2D eigenvalue weighted by Gasteiger charge is -2.12. The maximum Gasteiger partial charge on any atom is 0.262 e. The molecule has 0 atom stereocenters. The summed E-state index contributed by atoms with van der Waals surface area (Å²) < 4.78 is 40.8. The number of halogens is 2. The van der Waals surface area contributed by atoms with Gasteiger partial charge < -0.3 is 5.32 Å². The molecular weight excluding hydrogens is 361 g/mol. The van der Waals surface area contributed by atoms with Crippen molar-refractivity contribution in [3.63, 3.8) is 0 Å². The minimum atomic E-state index is -3.81. The van der Waals surface area contributed by atoms with Crippen LogP contribution in [-0.2, 0) is 10.0 Å². The molecule has 2 N–H and O–H groups in total. The van der Waals surface area contributed by atoms with Crippen LogP contribution >= 0.6 is 15.9 Å². The van der Waals surface area contributed by atoms with Crippen molar-refractivity contribution in [1.82, 2.24) is 4.98 Å². The van der Waals surface area contributed by atoms with Crippen molar-refractivity contribution in [2.45, 2.75) is 11.8 Å². The number of hydrogen-bond donors (Lipinski definition) is 2. The molecule has 0 radical (unpaired) electrons. The summed E-state index contributed by atoms with van der Waals surface area (Å²) in [4.78, 5) is 4.00. The summed E-state index contributed by atoms with van der Waals surface area (Å²) in [7, 11) is -2.17. The minimum absolute atomic E-state index is 0.0459. The highest BCUT2D eigenvalue weighted by molar-refractivity contribution is 9.10. The number of anilines is 2. The Bertz CT molecular complexity index is 781. The third-order valence-corrected chi connectivity index (χ3v) is 4.78. The van der Waals surface area contributed by atoms with Gasteiger partial charge in [0.2, 0.25) is 0 Å². The largest absolute Gasteiger partial charge is 0.373 e. The predicted molar refractivity (Wildman–Crippen MR) is 83.4 cm³/mol. The molecule has 1 heterocycles. The van der Waals surface area contributed by atoms with Crippen molar-refractivity contribution in [3.05, 3.63) is 46.3 Å². The second kappa shape index (κ2) is 5.98. The molecule has 1 aromatic heterocycles. The molecule has 0 saturated heterocycles. The Morgan fingerprint density at radius 1 is 1.29 bits per heavy atom. The third kappa shape index (κ3) is 3.51. The number of rotatable bonds is 4. The monoisotopic (exact) mass is 373 g/mol. The summed E-state index contributed by atoms with van der Waals surface area (Å²) in [6.07, 6.45) is 1.38. The molecule has 0 fully saturated rings. The molecule has 2 aromatic rings. The van der Waals surface area contributed by atoms with Gasteiger partial charge in [-0.1, -0.05) is 0 Å². The fourth-order valence-corrected chi connectivity index (χ4v) is 3.27. The summed E-state index contributed by atoms with van der Waals surface area (Å²) in [6.45, 7) is 1.69. The smallest absolute Gasteiger partial charge is 0.262 e. The van der Waals surface area contributed by atoms with Gasteiger partial charge in [-0.3, -0.25) is 4.72 Å². The number of pyridine rings is 1. The highest BCUT2D eigenvalue weighted by Gasteiger charge is 2.17. The van der Waals surface area contributed by atoms with Gasteiger partial charge in [-0.05, 0) is 46.6 Å². The zero-order chi connectivity index (χ0) is 15.6. The van der Waals surface area contributed by atoms with Crippen molar-refractivity contribution in [1.29, 1.82) is 0 Å². The zero-order valence-corrected chi connectivity index (χ0v) is 13.7. The number of nitrogens with zero attached hydrogens (tertiary/aromatic N) is 1. The van der Waals surface area contributed by atoms with Crippen LogP contribution in [-0.4, -0.2) is 20.4 Å². The van der Waals surface area contributed by atoms with E-state index in [-0.39, 0.29) is 15.1 Å². The van der Waals surface area contributed by atoms with Crippen LogP contribution in [0, 0.1) is 12.7 Å². The van der Waals surface area contributed by atoms with E-state index in [1.807, 2.05) is 0 Å². The maximum absolute atomic E-state index is 13.6. The SMILES string of the molecule is CNc1cc(S(=O)(=O)Nc2cc(F)c(Br)cc2C)ccn1. The van der Waals surface area contributed by atoms with Crippen LogP contribution < -0.4 is 10.0 Å². The van der Waals surface area contributed by atoms with Crippen LogP contribution in [0.3, 0.4) is 0 Å². The standard InChI is InChI=1S/C13H13BrFN3O2S/c1-8-5-10(14)11(15)7-12(8)18-21(19,20)9-3-4-17-13(6-9)16-2/h3-7,18H,1-2H3,(H,16,17). The Morgan fingerprint density at radius 2 is 2.00 bits per heavy atom.